The first kappa shape index (κ1) is 13.6. The molecule has 19 heavy (non-hydrogen) atoms. The van der Waals surface area contributed by atoms with Gasteiger partial charge in [-0.3, -0.25) is 9.59 Å². The van der Waals surface area contributed by atoms with Gasteiger partial charge in [0, 0.05) is 19.0 Å². The zero-order valence-corrected chi connectivity index (χ0v) is 11.4. The number of carbonyl (C=O) groups excluding carboxylic acids is 2. The maximum Gasteiger partial charge on any atom is 0.217 e. The van der Waals surface area contributed by atoms with Gasteiger partial charge in [-0.15, -0.1) is 0 Å². The molecule has 0 fully saturated rings. The van der Waals surface area contributed by atoms with Gasteiger partial charge in [0.1, 0.15) is 5.75 Å². The van der Waals surface area contributed by atoms with Crippen LogP contribution >= 0.6 is 0 Å². The lowest BCUT2D eigenvalue weighted by molar-refractivity contribution is -0.119. The van der Waals surface area contributed by atoms with Crippen molar-refractivity contribution in [3.05, 3.63) is 28.3 Å². The third-order valence-electron chi connectivity index (χ3n) is 3.58. The number of rotatable bonds is 3. The van der Waals surface area contributed by atoms with Crippen molar-refractivity contribution >= 4 is 11.7 Å². The number of hydrogen-bond donors (Lipinski definition) is 2. The summed E-state index contributed by atoms with van der Waals surface area (Å²) in [5.74, 6) is -0.233. The van der Waals surface area contributed by atoms with Gasteiger partial charge in [0.25, 0.3) is 0 Å². The van der Waals surface area contributed by atoms with Gasteiger partial charge in [0.2, 0.25) is 5.91 Å². The SMILES string of the molecule is CC(=O)NCc1cc2c(c(C(C)=O)c1O)CCCC2. The minimum Gasteiger partial charge on any atom is -0.507 e. The van der Waals surface area contributed by atoms with Crippen molar-refractivity contribution in [1.29, 1.82) is 0 Å². The molecule has 0 aliphatic heterocycles. The normalized spacial score (nSPS) is 13.8. The number of phenols is 1. The first-order valence-electron chi connectivity index (χ1n) is 6.62. The standard InChI is InChI=1S/C15H19NO3/c1-9(17)14-13-6-4-3-5-11(13)7-12(15(14)19)8-16-10(2)18/h7,19H,3-6,8H2,1-2H3,(H,16,18). The van der Waals surface area contributed by atoms with Crippen LogP contribution in [0.4, 0.5) is 0 Å². The summed E-state index contributed by atoms with van der Waals surface area (Å²) in [6.45, 7) is 3.17. The Balaban J connectivity index is 2.47. The summed E-state index contributed by atoms with van der Waals surface area (Å²) in [5.41, 5.74) is 3.19. The maximum absolute atomic E-state index is 11.8. The highest BCUT2D eigenvalue weighted by molar-refractivity contribution is 5.99. The molecule has 1 amide bonds. The molecule has 0 saturated carbocycles. The molecular weight excluding hydrogens is 242 g/mol. The van der Waals surface area contributed by atoms with Crippen LogP contribution in [0, 0.1) is 0 Å². The van der Waals surface area contributed by atoms with Crippen molar-refractivity contribution in [2.75, 3.05) is 0 Å². The van der Waals surface area contributed by atoms with E-state index in [0.717, 1.165) is 36.8 Å². The van der Waals surface area contributed by atoms with Crippen molar-refractivity contribution in [2.24, 2.45) is 0 Å². The van der Waals surface area contributed by atoms with E-state index in [-0.39, 0.29) is 24.0 Å². The lowest BCUT2D eigenvalue weighted by atomic mass is 9.85. The van der Waals surface area contributed by atoms with E-state index in [1.54, 1.807) is 0 Å². The largest absolute Gasteiger partial charge is 0.507 e. The van der Waals surface area contributed by atoms with Crippen molar-refractivity contribution in [3.8, 4) is 5.75 Å². The molecule has 0 radical (unpaired) electrons. The lowest BCUT2D eigenvalue weighted by Gasteiger charge is -2.21. The van der Waals surface area contributed by atoms with Crippen LogP contribution in [0.1, 0.15) is 53.7 Å². The molecule has 1 aromatic carbocycles. The van der Waals surface area contributed by atoms with E-state index in [1.807, 2.05) is 6.07 Å². The number of hydrogen-bond acceptors (Lipinski definition) is 3. The predicted octanol–water partition coefficient (Wildman–Crippen LogP) is 2.11. The third-order valence-corrected chi connectivity index (χ3v) is 3.58. The number of fused-ring (bicyclic) bond motifs is 1. The van der Waals surface area contributed by atoms with Crippen LogP contribution in [0.2, 0.25) is 0 Å². The monoisotopic (exact) mass is 261 g/mol. The summed E-state index contributed by atoms with van der Waals surface area (Å²) in [7, 11) is 0. The fourth-order valence-corrected chi connectivity index (χ4v) is 2.69. The van der Waals surface area contributed by atoms with E-state index < -0.39 is 0 Å². The van der Waals surface area contributed by atoms with Gasteiger partial charge in [0.15, 0.2) is 5.78 Å². The van der Waals surface area contributed by atoms with Gasteiger partial charge >= 0.3 is 0 Å². The number of aromatic hydroxyl groups is 1. The van der Waals surface area contributed by atoms with Gasteiger partial charge in [-0.25, -0.2) is 0 Å². The third kappa shape index (κ3) is 2.78. The van der Waals surface area contributed by atoms with E-state index >= 15 is 0 Å². The van der Waals surface area contributed by atoms with E-state index in [4.69, 9.17) is 0 Å². The second-order valence-corrected chi connectivity index (χ2v) is 5.07. The Hall–Kier alpha value is -1.84. The Morgan fingerprint density at radius 2 is 1.95 bits per heavy atom. The number of aryl methyl sites for hydroxylation is 1. The van der Waals surface area contributed by atoms with E-state index in [0.29, 0.717) is 11.1 Å². The topological polar surface area (TPSA) is 66.4 Å². The second-order valence-electron chi connectivity index (χ2n) is 5.07. The molecule has 2 N–H and O–H groups in total. The molecule has 2 rings (SSSR count). The van der Waals surface area contributed by atoms with Crippen LogP contribution < -0.4 is 5.32 Å². The highest BCUT2D eigenvalue weighted by Crippen LogP contribution is 2.34. The smallest absolute Gasteiger partial charge is 0.217 e. The summed E-state index contributed by atoms with van der Waals surface area (Å²) in [6, 6.07) is 1.92. The van der Waals surface area contributed by atoms with E-state index in [2.05, 4.69) is 5.32 Å². The summed E-state index contributed by atoms with van der Waals surface area (Å²) in [4.78, 5) is 22.8. The zero-order chi connectivity index (χ0) is 14.0. The molecule has 0 saturated heterocycles. The van der Waals surface area contributed by atoms with Gasteiger partial charge in [-0.1, -0.05) is 6.07 Å². The minimum absolute atomic E-state index is 0.0295. The number of benzene rings is 1. The first-order valence-corrected chi connectivity index (χ1v) is 6.62. The van der Waals surface area contributed by atoms with Crippen molar-refractivity contribution < 1.29 is 14.7 Å². The molecular formula is C15H19NO3. The molecule has 4 heteroatoms. The fraction of sp³-hybridized carbons (Fsp3) is 0.467. The lowest BCUT2D eigenvalue weighted by Crippen LogP contribution is -2.20. The number of ketones is 1. The number of Topliss-reactive ketones (excluding diaryl/α,β-unsaturated/α-hetero) is 1. The average Bonchev–Trinajstić information content (AvgIpc) is 2.35. The quantitative estimate of drug-likeness (QED) is 0.819. The molecule has 102 valence electrons. The Labute approximate surface area is 112 Å². The molecule has 0 aromatic heterocycles. The van der Waals surface area contributed by atoms with E-state index in [1.165, 1.54) is 13.8 Å². The highest BCUT2D eigenvalue weighted by Gasteiger charge is 2.22. The predicted molar refractivity (Wildman–Crippen MR) is 72.3 cm³/mol. The molecule has 0 bridgehead atoms. The van der Waals surface area contributed by atoms with Crippen LogP contribution in [0.25, 0.3) is 0 Å². The molecule has 1 aliphatic carbocycles. The molecule has 0 spiro atoms. The van der Waals surface area contributed by atoms with Crippen LogP contribution in [-0.2, 0) is 24.2 Å². The average molecular weight is 261 g/mol. The van der Waals surface area contributed by atoms with Gasteiger partial charge < -0.3 is 10.4 Å². The summed E-state index contributed by atoms with van der Waals surface area (Å²) in [6.07, 6.45) is 3.94. The van der Waals surface area contributed by atoms with Crippen LogP contribution in [0.5, 0.6) is 5.75 Å². The number of nitrogens with one attached hydrogen (secondary N) is 1. The summed E-state index contributed by atoms with van der Waals surface area (Å²) < 4.78 is 0. The van der Waals surface area contributed by atoms with Crippen molar-refractivity contribution in [3.63, 3.8) is 0 Å². The van der Waals surface area contributed by atoms with Gasteiger partial charge in [0.05, 0.1) is 5.56 Å². The minimum atomic E-state index is -0.151. The molecule has 4 nitrogen and oxygen atoms in total. The number of amides is 1. The Morgan fingerprint density at radius 1 is 1.26 bits per heavy atom. The molecule has 0 unspecified atom stereocenters. The highest BCUT2D eigenvalue weighted by atomic mass is 16.3. The van der Waals surface area contributed by atoms with Crippen molar-refractivity contribution in [2.45, 2.75) is 46.1 Å². The second kappa shape index (κ2) is 5.43. The Morgan fingerprint density at radius 3 is 2.58 bits per heavy atom. The zero-order valence-electron chi connectivity index (χ0n) is 11.4. The first-order chi connectivity index (χ1) is 9.00. The Kier molecular flexibility index (Phi) is 3.88. The molecule has 0 heterocycles. The molecule has 1 aliphatic rings. The van der Waals surface area contributed by atoms with Gasteiger partial charge in [-0.05, 0) is 43.7 Å². The Bertz CT molecular complexity index is 535. The van der Waals surface area contributed by atoms with Gasteiger partial charge in [-0.2, -0.15) is 0 Å². The molecule has 0 atom stereocenters. The summed E-state index contributed by atoms with van der Waals surface area (Å²) in [5, 5.41) is 12.9. The number of phenolic OH excluding ortho intramolecular Hbond substituents is 1. The van der Waals surface area contributed by atoms with Crippen molar-refractivity contribution in [1.82, 2.24) is 5.32 Å². The number of carbonyl (C=O) groups is 2. The maximum atomic E-state index is 11.8. The van der Waals surface area contributed by atoms with Crippen LogP contribution in [0.15, 0.2) is 6.07 Å². The van der Waals surface area contributed by atoms with E-state index in [9.17, 15) is 14.7 Å². The van der Waals surface area contributed by atoms with Crippen LogP contribution in [0.3, 0.4) is 0 Å². The van der Waals surface area contributed by atoms with Crippen LogP contribution in [-0.4, -0.2) is 16.8 Å². The fourth-order valence-electron chi connectivity index (χ4n) is 2.69. The summed E-state index contributed by atoms with van der Waals surface area (Å²) >= 11 is 0. The molecule has 1 aromatic rings.